The molecule has 0 amide bonds. The monoisotopic (exact) mass is 323 g/mol. The minimum atomic E-state index is 0.266. The molecule has 4 nitrogen and oxygen atoms in total. The van der Waals surface area contributed by atoms with Crippen LogP contribution in [0, 0.1) is 0 Å². The van der Waals surface area contributed by atoms with Crippen LogP contribution < -0.4 is 5.32 Å². The summed E-state index contributed by atoms with van der Waals surface area (Å²) in [6.07, 6.45) is 1.01. The second-order valence-electron chi connectivity index (χ2n) is 4.33. The highest BCUT2D eigenvalue weighted by molar-refractivity contribution is 6.42. The predicted octanol–water partition coefficient (Wildman–Crippen LogP) is 3.18. The first-order valence-corrected chi connectivity index (χ1v) is 7.35. The molecule has 1 N–H and O–H groups in total. The van der Waals surface area contributed by atoms with Gasteiger partial charge in [-0.05, 0) is 19.0 Å². The van der Waals surface area contributed by atoms with Crippen molar-refractivity contribution in [3.8, 4) is 0 Å². The number of aromatic nitrogens is 1. The second kappa shape index (κ2) is 7.50. The maximum Gasteiger partial charge on any atom is 0.150 e. The molecule has 7 heteroatoms. The molecule has 0 saturated carbocycles. The summed E-state index contributed by atoms with van der Waals surface area (Å²) >= 11 is 17.7. The van der Waals surface area contributed by atoms with Gasteiger partial charge in [0.2, 0.25) is 0 Å². The molecule has 2 heterocycles. The number of nitrogens with zero attached hydrogens (tertiary/aromatic N) is 2. The van der Waals surface area contributed by atoms with Crippen molar-refractivity contribution >= 4 is 40.6 Å². The molecule has 0 radical (unpaired) electrons. The molecule has 1 aromatic rings. The van der Waals surface area contributed by atoms with Crippen molar-refractivity contribution in [3.05, 3.63) is 21.3 Å². The van der Waals surface area contributed by atoms with E-state index in [0.29, 0.717) is 15.9 Å². The molecular formula is C12H16Cl3N3O. The summed E-state index contributed by atoms with van der Waals surface area (Å²) in [5, 5.41) is 4.30. The van der Waals surface area contributed by atoms with E-state index < -0.39 is 0 Å². The molecule has 0 spiro atoms. The standard InChI is InChI=1S/C12H16Cl3N3O/c13-9-8-10(14)12(17-11(9)15)16-2-1-3-18-4-6-19-7-5-18/h8H,1-7H2,(H,16,17). The number of morpholine rings is 1. The molecule has 0 aliphatic carbocycles. The van der Waals surface area contributed by atoms with Gasteiger partial charge in [-0.3, -0.25) is 4.90 Å². The Balaban J connectivity index is 1.74. The highest BCUT2D eigenvalue weighted by Crippen LogP contribution is 2.28. The van der Waals surface area contributed by atoms with Gasteiger partial charge in [0.25, 0.3) is 0 Å². The third-order valence-corrected chi connectivity index (χ3v) is 3.90. The quantitative estimate of drug-likeness (QED) is 0.667. The average Bonchev–Trinajstić information content (AvgIpc) is 2.41. The molecule has 2 rings (SSSR count). The van der Waals surface area contributed by atoms with Crippen LogP contribution in [0.5, 0.6) is 0 Å². The zero-order chi connectivity index (χ0) is 13.7. The van der Waals surface area contributed by atoms with Crippen molar-refractivity contribution < 1.29 is 4.74 Å². The van der Waals surface area contributed by atoms with Crippen molar-refractivity contribution in [2.45, 2.75) is 6.42 Å². The molecule has 0 aromatic carbocycles. The van der Waals surface area contributed by atoms with E-state index in [2.05, 4.69) is 15.2 Å². The van der Waals surface area contributed by atoms with Crippen LogP contribution in [0.15, 0.2) is 6.07 Å². The number of pyridine rings is 1. The van der Waals surface area contributed by atoms with Crippen molar-refractivity contribution in [3.63, 3.8) is 0 Å². The van der Waals surface area contributed by atoms with E-state index in [1.54, 1.807) is 6.07 Å². The number of nitrogens with one attached hydrogen (secondary N) is 1. The zero-order valence-corrected chi connectivity index (χ0v) is 12.7. The van der Waals surface area contributed by atoms with Crippen LogP contribution in [0.3, 0.4) is 0 Å². The van der Waals surface area contributed by atoms with Gasteiger partial charge in [0, 0.05) is 19.6 Å². The summed E-state index contributed by atoms with van der Waals surface area (Å²) in [5.41, 5.74) is 0. The summed E-state index contributed by atoms with van der Waals surface area (Å²) in [6, 6.07) is 1.60. The van der Waals surface area contributed by atoms with E-state index in [-0.39, 0.29) is 5.15 Å². The van der Waals surface area contributed by atoms with Crippen molar-refractivity contribution in [2.75, 3.05) is 44.7 Å². The molecule has 1 fully saturated rings. The summed E-state index contributed by atoms with van der Waals surface area (Å²) < 4.78 is 5.30. The van der Waals surface area contributed by atoms with Crippen LogP contribution in [0.25, 0.3) is 0 Å². The number of ether oxygens (including phenoxy) is 1. The van der Waals surface area contributed by atoms with Gasteiger partial charge < -0.3 is 10.1 Å². The molecule has 0 unspecified atom stereocenters. The lowest BCUT2D eigenvalue weighted by atomic mass is 10.3. The molecule has 1 aliphatic heterocycles. The fraction of sp³-hybridized carbons (Fsp3) is 0.583. The molecule has 1 aliphatic rings. The fourth-order valence-corrected chi connectivity index (χ4v) is 2.47. The molecule has 0 bridgehead atoms. The van der Waals surface area contributed by atoms with Gasteiger partial charge in [-0.15, -0.1) is 0 Å². The Kier molecular flexibility index (Phi) is 5.98. The van der Waals surface area contributed by atoms with E-state index >= 15 is 0 Å². The van der Waals surface area contributed by atoms with Gasteiger partial charge in [-0.2, -0.15) is 0 Å². The van der Waals surface area contributed by atoms with Crippen molar-refractivity contribution in [2.24, 2.45) is 0 Å². The number of hydrogen-bond acceptors (Lipinski definition) is 4. The summed E-state index contributed by atoms with van der Waals surface area (Å²) in [5.74, 6) is 0.582. The highest BCUT2D eigenvalue weighted by atomic mass is 35.5. The largest absolute Gasteiger partial charge is 0.379 e. The maximum atomic E-state index is 6.03. The van der Waals surface area contributed by atoms with Crippen molar-refractivity contribution in [1.82, 2.24) is 9.88 Å². The van der Waals surface area contributed by atoms with Crippen LogP contribution in [-0.4, -0.2) is 49.3 Å². The fourth-order valence-electron chi connectivity index (χ4n) is 1.90. The third kappa shape index (κ3) is 4.65. The third-order valence-electron chi connectivity index (χ3n) is 2.93. The first-order valence-electron chi connectivity index (χ1n) is 6.22. The Morgan fingerprint density at radius 2 is 1.95 bits per heavy atom. The van der Waals surface area contributed by atoms with Gasteiger partial charge in [0.05, 0.1) is 23.3 Å². The first kappa shape index (κ1) is 15.1. The molecule has 1 aromatic heterocycles. The minimum Gasteiger partial charge on any atom is -0.379 e. The van der Waals surface area contributed by atoms with E-state index in [0.717, 1.165) is 45.8 Å². The average molecular weight is 325 g/mol. The van der Waals surface area contributed by atoms with Gasteiger partial charge in [0.15, 0.2) is 0 Å². The lowest BCUT2D eigenvalue weighted by molar-refractivity contribution is 0.0378. The second-order valence-corrected chi connectivity index (χ2v) is 5.50. The Labute approximate surface area is 128 Å². The summed E-state index contributed by atoms with van der Waals surface area (Å²) in [6.45, 7) is 5.50. The van der Waals surface area contributed by atoms with Crippen molar-refractivity contribution in [1.29, 1.82) is 0 Å². The van der Waals surface area contributed by atoms with Gasteiger partial charge in [-0.1, -0.05) is 34.8 Å². The van der Waals surface area contributed by atoms with Gasteiger partial charge >= 0.3 is 0 Å². The van der Waals surface area contributed by atoms with Crippen LogP contribution in [0.2, 0.25) is 15.2 Å². The highest BCUT2D eigenvalue weighted by Gasteiger charge is 2.10. The van der Waals surface area contributed by atoms with E-state index in [1.165, 1.54) is 0 Å². The van der Waals surface area contributed by atoms with E-state index in [1.807, 2.05) is 0 Å². The predicted molar refractivity (Wildman–Crippen MR) is 79.6 cm³/mol. The topological polar surface area (TPSA) is 37.4 Å². The van der Waals surface area contributed by atoms with Crippen LogP contribution in [-0.2, 0) is 4.74 Å². The molecule has 1 saturated heterocycles. The Morgan fingerprint density at radius 1 is 1.21 bits per heavy atom. The Bertz CT molecular complexity index is 425. The smallest absolute Gasteiger partial charge is 0.150 e. The SMILES string of the molecule is Clc1cc(Cl)c(NCCCN2CCOCC2)nc1Cl. The number of hydrogen-bond donors (Lipinski definition) is 1. The lowest BCUT2D eigenvalue weighted by Gasteiger charge is -2.26. The van der Waals surface area contributed by atoms with Gasteiger partial charge in [-0.25, -0.2) is 4.98 Å². The van der Waals surface area contributed by atoms with Crippen LogP contribution in [0.1, 0.15) is 6.42 Å². The van der Waals surface area contributed by atoms with E-state index in [4.69, 9.17) is 39.5 Å². The molecule has 106 valence electrons. The number of anilines is 1. The number of halogens is 3. The summed E-state index contributed by atoms with van der Waals surface area (Å²) in [4.78, 5) is 6.50. The maximum absolute atomic E-state index is 6.03. The number of rotatable bonds is 5. The minimum absolute atomic E-state index is 0.266. The Morgan fingerprint density at radius 3 is 2.68 bits per heavy atom. The lowest BCUT2D eigenvalue weighted by Crippen LogP contribution is -2.37. The molecule has 0 atom stereocenters. The van der Waals surface area contributed by atoms with E-state index in [9.17, 15) is 0 Å². The van der Waals surface area contributed by atoms with Crippen LogP contribution >= 0.6 is 34.8 Å². The first-order chi connectivity index (χ1) is 9.16. The normalized spacial score (nSPS) is 16.6. The van der Waals surface area contributed by atoms with Crippen LogP contribution in [0.4, 0.5) is 5.82 Å². The Hall–Kier alpha value is -0.260. The molecule has 19 heavy (non-hydrogen) atoms. The van der Waals surface area contributed by atoms with Gasteiger partial charge in [0.1, 0.15) is 11.0 Å². The summed E-state index contributed by atoms with van der Waals surface area (Å²) in [7, 11) is 0. The zero-order valence-electron chi connectivity index (χ0n) is 10.5. The molecular weight excluding hydrogens is 309 g/mol.